The SMILES string of the molecule is O=C1CC(C(=O)N2CCCC2c2nc3ccc(F)cc3[nH]2)CN1c1cccc(F)c1. The number of halogens is 2. The highest BCUT2D eigenvalue weighted by molar-refractivity contribution is 6.00. The highest BCUT2D eigenvalue weighted by Crippen LogP contribution is 2.35. The number of likely N-dealkylation sites (tertiary alicyclic amines) is 1. The lowest BCUT2D eigenvalue weighted by Crippen LogP contribution is -2.37. The molecule has 0 radical (unpaired) electrons. The largest absolute Gasteiger partial charge is 0.340 e. The number of aromatic amines is 1. The van der Waals surface area contributed by atoms with Gasteiger partial charge in [0.25, 0.3) is 0 Å². The molecule has 8 heteroatoms. The van der Waals surface area contributed by atoms with Gasteiger partial charge in [-0.2, -0.15) is 0 Å². The second-order valence-electron chi connectivity index (χ2n) is 7.86. The Labute approximate surface area is 171 Å². The van der Waals surface area contributed by atoms with Crippen molar-refractivity contribution in [1.29, 1.82) is 0 Å². The Morgan fingerprint density at radius 2 is 1.97 bits per heavy atom. The van der Waals surface area contributed by atoms with Crippen LogP contribution in [0.15, 0.2) is 42.5 Å². The molecule has 2 fully saturated rings. The van der Waals surface area contributed by atoms with Crippen LogP contribution in [0.1, 0.15) is 31.1 Å². The summed E-state index contributed by atoms with van der Waals surface area (Å²) in [4.78, 5) is 36.7. The molecule has 0 bridgehead atoms. The highest BCUT2D eigenvalue weighted by Gasteiger charge is 2.41. The summed E-state index contributed by atoms with van der Waals surface area (Å²) in [5.74, 6) is -0.906. The molecule has 5 rings (SSSR count). The van der Waals surface area contributed by atoms with E-state index in [0.717, 1.165) is 12.8 Å². The molecule has 3 aromatic rings. The van der Waals surface area contributed by atoms with Crippen molar-refractivity contribution < 1.29 is 18.4 Å². The van der Waals surface area contributed by atoms with Gasteiger partial charge in [-0.25, -0.2) is 13.8 Å². The standard InChI is InChI=1S/C22H20F2N4O2/c23-14-3-1-4-16(10-14)28-12-13(9-20(28)29)22(30)27-8-2-5-19(27)21-25-17-7-6-15(24)11-18(17)26-21/h1,3-4,6-7,10-11,13,19H,2,5,8-9,12H2,(H,25,26). The Morgan fingerprint density at radius 1 is 1.13 bits per heavy atom. The van der Waals surface area contributed by atoms with Crippen molar-refractivity contribution in [2.24, 2.45) is 5.92 Å². The Balaban J connectivity index is 1.36. The minimum absolute atomic E-state index is 0.101. The first-order valence-corrected chi connectivity index (χ1v) is 10.0. The predicted molar refractivity (Wildman–Crippen MR) is 107 cm³/mol. The lowest BCUT2D eigenvalue weighted by atomic mass is 10.1. The number of imidazole rings is 1. The van der Waals surface area contributed by atoms with E-state index in [2.05, 4.69) is 9.97 Å². The van der Waals surface area contributed by atoms with E-state index < -0.39 is 11.7 Å². The minimum atomic E-state index is -0.483. The minimum Gasteiger partial charge on any atom is -0.340 e. The number of amides is 2. The van der Waals surface area contributed by atoms with Crippen molar-refractivity contribution in [1.82, 2.24) is 14.9 Å². The molecule has 2 aromatic carbocycles. The lowest BCUT2D eigenvalue weighted by Gasteiger charge is -2.26. The van der Waals surface area contributed by atoms with Crippen molar-refractivity contribution in [3.05, 3.63) is 59.9 Å². The van der Waals surface area contributed by atoms with Gasteiger partial charge in [0.2, 0.25) is 11.8 Å². The molecule has 1 aromatic heterocycles. The summed E-state index contributed by atoms with van der Waals surface area (Å²) in [7, 11) is 0. The van der Waals surface area contributed by atoms with Gasteiger partial charge in [-0.15, -0.1) is 0 Å². The summed E-state index contributed by atoms with van der Waals surface area (Å²) in [6.45, 7) is 0.815. The molecule has 2 aliphatic rings. The van der Waals surface area contributed by atoms with E-state index in [1.54, 1.807) is 23.1 Å². The van der Waals surface area contributed by atoms with Gasteiger partial charge in [0.1, 0.15) is 17.5 Å². The normalized spacial score (nSPS) is 21.7. The fourth-order valence-electron chi connectivity index (χ4n) is 4.48. The second-order valence-corrected chi connectivity index (χ2v) is 7.86. The fourth-order valence-corrected chi connectivity index (χ4v) is 4.48. The molecule has 1 N–H and O–H groups in total. The van der Waals surface area contributed by atoms with Crippen molar-refractivity contribution in [2.75, 3.05) is 18.0 Å². The summed E-state index contributed by atoms with van der Waals surface area (Å²) < 4.78 is 27.1. The number of aromatic nitrogens is 2. The van der Waals surface area contributed by atoms with Gasteiger partial charge in [0.05, 0.1) is 23.0 Å². The fraction of sp³-hybridized carbons (Fsp3) is 0.318. The number of carbonyl (C=O) groups excluding carboxylic acids is 2. The van der Waals surface area contributed by atoms with Crippen LogP contribution in [0, 0.1) is 17.6 Å². The summed E-state index contributed by atoms with van der Waals surface area (Å²) in [6, 6.07) is 9.96. The Bertz CT molecular complexity index is 1150. The zero-order chi connectivity index (χ0) is 20.8. The maximum Gasteiger partial charge on any atom is 0.228 e. The number of hydrogen-bond acceptors (Lipinski definition) is 3. The average molecular weight is 410 g/mol. The van der Waals surface area contributed by atoms with Crippen LogP contribution < -0.4 is 4.90 Å². The zero-order valence-electron chi connectivity index (χ0n) is 16.1. The number of hydrogen-bond donors (Lipinski definition) is 1. The first kappa shape index (κ1) is 18.7. The quantitative estimate of drug-likeness (QED) is 0.718. The van der Waals surface area contributed by atoms with Gasteiger partial charge < -0.3 is 14.8 Å². The van der Waals surface area contributed by atoms with Gasteiger partial charge >= 0.3 is 0 Å². The number of nitrogens with one attached hydrogen (secondary N) is 1. The van der Waals surface area contributed by atoms with Crippen LogP contribution in [0.3, 0.4) is 0 Å². The van der Waals surface area contributed by atoms with E-state index in [9.17, 15) is 18.4 Å². The van der Waals surface area contributed by atoms with E-state index in [0.29, 0.717) is 29.1 Å². The first-order valence-electron chi connectivity index (χ1n) is 10.0. The molecule has 2 saturated heterocycles. The van der Waals surface area contributed by atoms with Crippen LogP contribution in [0.25, 0.3) is 11.0 Å². The molecule has 2 amide bonds. The molecule has 3 heterocycles. The number of carbonyl (C=O) groups is 2. The Kier molecular flexibility index (Phi) is 4.49. The summed E-state index contributed by atoms with van der Waals surface area (Å²) >= 11 is 0. The maximum absolute atomic E-state index is 13.6. The summed E-state index contributed by atoms with van der Waals surface area (Å²) in [5.41, 5.74) is 1.71. The van der Waals surface area contributed by atoms with E-state index in [4.69, 9.17) is 0 Å². The molecule has 0 aliphatic carbocycles. The van der Waals surface area contributed by atoms with Gasteiger partial charge in [0.15, 0.2) is 0 Å². The van der Waals surface area contributed by atoms with Crippen LogP contribution in [0.5, 0.6) is 0 Å². The van der Waals surface area contributed by atoms with Crippen LogP contribution in [0.2, 0.25) is 0 Å². The van der Waals surface area contributed by atoms with Crippen molar-refractivity contribution in [2.45, 2.75) is 25.3 Å². The van der Waals surface area contributed by atoms with Gasteiger partial charge in [0, 0.05) is 25.2 Å². The molecule has 0 spiro atoms. The molecule has 154 valence electrons. The average Bonchev–Trinajstić information content (AvgIpc) is 3.44. The molecular formula is C22H20F2N4O2. The Hall–Kier alpha value is -3.29. The third kappa shape index (κ3) is 3.22. The van der Waals surface area contributed by atoms with Gasteiger partial charge in [-0.3, -0.25) is 9.59 Å². The lowest BCUT2D eigenvalue weighted by molar-refractivity contribution is -0.136. The topological polar surface area (TPSA) is 69.3 Å². The maximum atomic E-state index is 13.6. The second kappa shape index (κ2) is 7.19. The summed E-state index contributed by atoms with van der Waals surface area (Å²) in [5, 5.41) is 0. The first-order chi connectivity index (χ1) is 14.5. The van der Waals surface area contributed by atoms with Crippen LogP contribution >= 0.6 is 0 Å². The smallest absolute Gasteiger partial charge is 0.228 e. The van der Waals surface area contributed by atoms with Crippen LogP contribution in [0.4, 0.5) is 14.5 Å². The van der Waals surface area contributed by atoms with Crippen LogP contribution in [-0.4, -0.2) is 39.8 Å². The third-order valence-electron chi connectivity index (χ3n) is 5.91. The van der Waals surface area contributed by atoms with Gasteiger partial charge in [-0.1, -0.05) is 6.07 Å². The molecule has 6 nitrogen and oxygen atoms in total. The zero-order valence-corrected chi connectivity index (χ0v) is 16.1. The van der Waals surface area contributed by atoms with E-state index in [-0.39, 0.29) is 36.6 Å². The van der Waals surface area contributed by atoms with Crippen molar-refractivity contribution >= 4 is 28.5 Å². The monoisotopic (exact) mass is 410 g/mol. The molecule has 2 unspecified atom stereocenters. The van der Waals surface area contributed by atoms with Crippen molar-refractivity contribution in [3.63, 3.8) is 0 Å². The number of benzene rings is 2. The molecule has 2 aliphatic heterocycles. The molecular weight excluding hydrogens is 390 g/mol. The van der Waals surface area contributed by atoms with Gasteiger partial charge in [-0.05, 0) is 49.2 Å². The molecule has 0 saturated carbocycles. The predicted octanol–water partition coefficient (Wildman–Crippen LogP) is 3.56. The van der Waals surface area contributed by atoms with Crippen LogP contribution in [-0.2, 0) is 9.59 Å². The number of rotatable bonds is 3. The number of fused-ring (bicyclic) bond motifs is 1. The number of anilines is 1. The number of H-pyrrole nitrogens is 1. The van der Waals surface area contributed by atoms with E-state index >= 15 is 0 Å². The third-order valence-corrected chi connectivity index (χ3v) is 5.91. The highest BCUT2D eigenvalue weighted by atomic mass is 19.1. The van der Waals surface area contributed by atoms with E-state index in [1.807, 2.05) is 0 Å². The molecule has 30 heavy (non-hydrogen) atoms. The Morgan fingerprint density at radius 3 is 2.80 bits per heavy atom. The summed E-state index contributed by atoms with van der Waals surface area (Å²) in [6.07, 6.45) is 1.68. The number of nitrogens with zero attached hydrogens (tertiary/aromatic N) is 3. The van der Waals surface area contributed by atoms with E-state index in [1.165, 1.54) is 29.2 Å². The molecule has 2 atom stereocenters. The van der Waals surface area contributed by atoms with Crippen molar-refractivity contribution in [3.8, 4) is 0 Å².